The SMILES string of the molecule is Cc1ccc(CNC(=O)C2CC(C)CCN2)cc1. The Kier molecular flexibility index (Phi) is 4.37. The van der Waals surface area contributed by atoms with Crippen molar-refractivity contribution in [3.63, 3.8) is 0 Å². The summed E-state index contributed by atoms with van der Waals surface area (Å²) in [5.41, 5.74) is 2.39. The van der Waals surface area contributed by atoms with E-state index in [1.54, 1.807) is 0 Å². The summed E-state index contributed by atoms with van der Waals surface area (Å²) in [5, 5.41) is 6.29. The molecule has 0 bridgehead atoms. The lowest BCUT2D eigenvalue weighted by Crippen LogP contribution is -2.48. The maximum atomic E-state index is 12.0. The van der Waals surface area contributed by atoms with Crippen molar-refractivity contribution >= 4 is 5.91 Å². The predicted molar refractivity (Wildman–Crippen MR) is 73.2 cm³/mol. The molecule has 98 valence electrons. The van der Waals surface area contributed by atoms with Gasteiger partial charge in [0.15, 0.2) is 0 Å². The van der Waals surface area contributed by atoms with Crippen molar-refractivity contribution in [1.29, 1.82) is 0 Å². The Bertz CT molecular complexity index is 399. The minimum absolute atomic E-state index is 0.0146. The van der Waals surface area contributed by atoms with Gasteiger partial charge in [0.25, 0.3) is 0 Å². The highest BCUT2D eigenvalue weighted by atomic mass is 16.2. The average molecular weight is 246 g/mol. The smallest absolute Gasteiger partial charge is 0.237 e. The number of carbonyl (C=O) groups excluding carboxylic acids is 1. The highest BCUT2D eigenvalue weighted by Crippen LogP contribution is 2.15. The molecule has 1 saturated heterocycles. The third kappa shape index (κ3) is 3.57. The van der Waals surface area contributed by atoms with E-state index < -0.39 is 0 Å². The standard InChI is InChI=1S/C15H22N2O/c1-11-3-5-13(6-4-11)10-17-15(18)14-9-12(2)7-8-16-14/h3-6,12,14,16H,7-10H2,1-2H3,(H,17,18). The van der Waals surface area contributed by atoms with Crippen LogP contribution in [0.2, 0.25) is 0 Å². The lowest BCUT2D eigenvalue weighted by Gasteiger charge is -2.27. The van der Waals surface area contributed by atoms with Gasteiger partial charge in [-0.2, -0.15) is 0 Å². The summed E-state index contributed by atoms with van der Waals surface area (Å²) in [6.45, 7) is 5.84. The molecule has 2 atom stereocenters. The lowest BCUT2D eigenvalue weighted by atomic mass is 9.94. The van der Waals surface area contributed by atoms with E-state index in [0.717, 1.165) is 18.5 Å². The molecule has 0 saturated carbocycles. The van der Waals surface area contributed by atoms with Crippen LogP contribution >= 0.6 is 0 Å². The van der Waals surface area contributed by atoms with Gasteiger partial charge in [-0.25, -0.2) is 0 Å². The second-order valence-electron chi connectivity index (χ2n) is 5.34. The van der Waals surface area contributed by atoms with Gasteiger partial charge < -0.3 is 10.6 Å². The van der Waals surface area contributed by atoms with Crippen molar-refractivity contribution in [3.05, 3.63) is 35.4 Å². The minimum Gasteiger partial charge on any atom is -0.351 e. The average Bonchev–Trinajstić information content (AvgIpc) is 2.38. The van der Waals surface area contributed by atoms with Crippen LogP contribution in [-0.4, -0.2) is 18.5 Å². The molecule has 2 unspecified atom stereocenters. The number of aryl methyl sites for hydroxylation is 1. The van der Waals surface area contributed by atoms with Crippen LogP contribution in [0.15, 0.2) is 24.3 Å². The summed E-state index contributed by atoms with van der Waals surface area (Å²) < 4.78 is 0. The van der Waals surface area contributed by atoms with Gasteiger partial charge in [-0.15, -0.1) is 0 Å². The first-order valence-corrected chi connectivity index (χ1v) is 6.72. The molecule has 1 aliphatic rings. The summed E-state index contributed by atoms with van der Waals surface area (Å²) in [6.07, 6.45) is 2.11. The van der Waals surface area contributed by atoms with Crippen LogP contribution in [0.25, 0.3) is 0 Å². The first-order valence-electron chi connectivity index (χ1n) is 6.72. The summed E-state index contributed by atoms with van der Waals surface area (Å²) in [4.78, 5) is 12.0. The normalized spacial score (nSPS) is 23.7. The molecule has 18 heavy (non-hydrogen) atoms. The fraction of sp³-hybridized carbons (Fsp3) is 0.533. The Balaban J connectivity index is 1.82. The summed E-state index contributed by atoms with van der Waals surface area (Å²) in [6, 6.07) is 8.25. The predicted octanol–water partition coefficient (Wildman–Crippen LogP) is 2.00. The molecule has 1 fully saturated rings. The number of hydrogen-bond donors (Lipinski definition) is 2. The van der Waals surface area contributed by atoms with Crippen LogP contribution in [0.3, 0.4) is 0 Å². The van der Waals surface area contributed by atoms with Crippen LogP contribution in [0.4, 0.5) is 0 Å². The number of piperidine rings is 1. The van der Waals surface area contributed by atoms with Crippen LogP contribution < -0.4 is 10.6 Å². The van der Waals surface area contributed by atoms with Gasteiger partial charge in [-0.1, -0.05) is 36.8 Å². The number of benzene rings is 1. The second kappa shape index (κ2) is 6.01. The number of amides is 1. The fourth-order valence-corrected chi connectivity index (χ4v) is 2.33. The number of rotatable bonds is 3. The van der Waals surface area contributed by atoms with Crippen molar-refractivity contribution < 1.29 is 4.79 Å². The summed E-state index contributed by atoms with van der Waals surface area (Å²) in [5.74, 6) is 0.767. The first kappa shape index (κ1) is 13.1. The van der Waals surface area contributed by atoms with Crippen LogP contribution in [0, 0.1) is 12.8 Å². The van der Waals surface area contributed by atoms with E-state index in [-0.39, 0.29) is 11.9 Å². The summed E-state index contributed by atoms with van der Waals surface area (Å²) >= 11 is 0. The Hall–Kier alpha value is -1.35. The lowest BCUT2D eigenvalue weighted by molar-refractivity contribution is -0.124. The molecule has 1 amide bonds. The van der Waals surface area contributed by atoms with E-state index in [2.05, 4.69) is 48.7 Å². The largest absolute Gasteiger partial charge is 0.351 e. The molecule has 1 aromatic carbocycles. The van der Waals surface area contributed by atoms with Gasteiger partial charge in [0, 0.05) is 6.54 Å². The van der Waals surface area contributed by atoms with Crippen LogP contribution in [-0.2, 0) is 11.3 Å². The minimum atomic E-state index is -0.0146. The Morgan fingerprint density at radius 2 is 2.11 bits per heavy atom. The highest BCUT2D eigenvalue weighted by Gasteiger charge is 2.23. The van der Waals surface area contributed by atoms with E-state index in [9.17, 15) is 4.79 Å². The maximum absolute atomic E-state index is 12.0. The van der Waals surface area contributed by atoms with Crippen molar-refractivity contribution in [3.8, 4) is 0 Å². The number of nitrogens with one attached hydrogen (secondary N) is 2. The van der Waals surface area contributed by atoms with Gasteiger partial charge in [0.2, 0.25) is 5.91 Å². The third-order valence-electron chi connectivity index (χ3n) is 3.57. The molecule has 3 nitrogen and oxygen atoms in total. The molecular weight excluding hydrogens is 224 g/mol. The molecule has 1 aromatic rings. The number of hydrogen-bond acceptors (Lipinski definition) is 2. The van der Waals surface area contributed by atoms with E-state index >= 15 is 0 Å². The van der Waals surface area contributed by atoms with Gasteiger partial charge in [0.1, 0.15) is 0 Å². The van der Waals surface area contributed by atoms with E-state index in [0.29, 0.717) is 12.5 Å². The molecule has 1 aliphatic heterocycles. The molecule has 2 rings (SSSR count). The molecule has 1 heterocycles. The van der Waals surface area contributed by atoms with E-state index in [4.69, 9.17) is 0 Å². The zero-order valence-electron chi connectivity index (χ0n) is 11.2. The highest BCUT2D eigenvalue weighted by molar-refractivity contribution is 5.81. The van der Waals surface area contributed by atoms with E-state index in [1.807, 2.05) is 0 Å². The topological polar surface area (TPSA) is 41.1 Å². The monoisotopic (exact) mass is 246 g/mol. The van der Waals surface area contributed by atoms with Gasteiger partial charge in [0.05, 0.1) is 6.04 Å². The zero-order chi connectivity index (χ0) is 13.0. The molecule has 0 aromatic heterocycles. The molecule has 0 radical (unpaired) electrons. The molecule has 0 spiro atoms. The third-order valence-corrected chi connectivity index (χ3v) is 3.57. The second-order valence-corrected chi connectivity index (χ2v) is 5.34. The number of carbonyl (C=O) groups is 1. The molecular formula is C15H22N2O. The van der Waals surface area contributed by atoms with E-state index in [1.165, 1.54) is 12.0 Å². The van der Waals surface area contributed by atoms with Crippen molar-refractivity contribution in [2.24, 2.45) is 5.92 Å². The van der Waals surface area contributed by atoms with Gasteiger partial charge >= 0.3 is 0 Å². The maximum Gasteiger partial charge on any atom is 0.237 e. The fourth-order valence-electron chi connectivity index (χ4n) is 2.33. The first-order chi connectivity index (χ1) is 8.65. The quantitative estimate of drug-likeness (QED) is 0.856. The zero-order valence-corrected chi connectivity index (χ0v) is 11.2. The van der Waals surface area contributed by atoms with Crippen molar-refractivity contribution in [2.45, 2.75) is 39.3 Å². The molecule has 2 N–H and O–H groups in total. The van der Waals surface area contributed by atoms with Crippen LogP contribution in [0.1, 0.15) is 30.9 Å². The van der Waals surface area contributed by atoms with Crippen molar-refractivity contribution in [1.82, 2.24) is 10.6 Å². The van der Waals surface area contributed by atoms with Crippen molar-refractivity contribution in [2.75, 3.05) is 6.54 Å². The summed E-state index contributed by atoms with van der Waals surface area (Å²) in [7, 11) is 0. The molecule has 0 aliphatic carbocycles. The Morgan fingerprint density at radius 1 is 1.39 bits per heavy atom. The molecule has 3 heteroatoms. The Morgan fingerprint density at radius 3 is 2.78 bits per heavy atom. The van der Waals surface area contributed by atoms with Gasteiger partial charge in [-0.3, -0.25) is 4.79 Å². The van der Waals surface area contributed by atoms with Gasteiger partial charge in [-0.05, 0) is 37.8 Å². The Labute approximate surface area is 109 Å². The van der Waals surface area contributed by atoms with Crippen LogP contribution in [0.5, 0.6) is 0 Å².